The molecule has 7 nitrogen and oxygen atoms in total. The zero-order valence-corrected chi connectivity index (χ0v) is 18.1. The molecule has 3 aliphatic rings. The molecule has 4 rings (SSSR count). The molecule has 1 N–H and O–H groups in total. The van der Waals surface area contributed by atoms with E-state index < -0.39 is 21.9 Å². The summed E-state index contributed by atoms with van der Waals surface area (Å²) in [5, 5.41) is 3.02. The van der Waals surface area contributed by atoms with Gasteiger partial charge in [0.2, 0.25) is 10.0 Å². The lowest BCUT2D eigenvalue weighted by Gasteiger charge is -2.45. The van der Waals surface area contributed by atoms with Crippen molar-refractivity contribution in [1.82, 2.24) is 14.5 Å². The summed E-state index contributed by atoms with van der Waals surface area (Å²) in [4.78, 5) is 14.2. The number of carbonyl (C=O) groups is 1. The Balaban J connectivity index is 1.44. The first-order valence-corrected chi connectivity index (χ1v) is 12.2. The molecule has 2 heterocycles. The van der Waals surface area contributed by atoms with Gasteiger partial charge in [-0.1, -0.05) is 25.1 Å². The molecule has 2 aliphatic heterocycles. The maximum absolute atomic E-state index is 15.4. The van der Waals surface area contributed by atoms with E-state index in [0.717, 1.165) is 30.0 Å². The average Bonchev–Trinajstić information content (AvgIpc) is 3.18. The Morgan fingerprint density at radius 1 is 1.17 bits per heavy atom. The van der Waals surface area contributed by atoms with Gasteiger partial charge in [0.05, 0.1) is 18.0 Å². The fourth-order valence-electron chi connectivity index (χ4n) is 4.79. The lowest BCUT2D eigenvalue weighted by Crippen LogP contribution is -2.64. The summed E-state index contributed by atoms with van der Waals surface area (Å²) >= 11 is 0. The molecule has 0 bridgehead atoms. The van der Waals surface area contributed by atoms with Crippen LogP contribution < -0.4 is 5.32 Å². The number of nitrogens with one attached hydrogen (secondary N) is 1. The van der Waals surface area contributed by atoms with Crippen molar-refractivity contribution in [2.45, 2.75) is 61.9 Å². The highest BCUT2D eigenvalue weighted by Crippen LogP contribution is 2.40. The summed E-state index contributed by atoms with van der Waals surface area (Å²) < 4.78 is 48.6. The van der Waals surface area contributed by atoms with Crippen molar-refractivity contribution in [3.8, 4) is 0 Å². The Hall–Kier alpha value is -1.71. The zero-order chi connectivity index (χ0) is 21.4. The number of amides is 2. The van der Waals surface area contributed by atoms with Crippen LogP contribution in [0, 0.1) is 5.92 Å². The number of piperidine rings is 1. The van der Waals surface area contributed by atoms with Gasteiger partial charge in [0.25, 0.3) is 0 Å². The van der Waals surface area contributed by atoms with Crippen molar-refractivity contribution in [1.29, 1.82) is 0 Å². The van der Waals surface area contributed by atoms with Gasteiger partial charge < -0.3 is 15.0 Å². The topological polar surface area (TPSA) is 79.0 Å². The maximum atomic E-state index is 15.4. The van der Waals surface area contributed by atoms with Gasteiger partial charge in [-0.2, -0.15) is 4.31 Å². The van der Waals surface area contributed by atoms with Crippen LogP contribution in [-0.4, -0.2) is 67.8 Å². The number of sulfonamides is 1. The van der Waals surface area contributed by atoms with Gasteiger partial charge in [0.15, 0.2) is 11.9 Å². The van der Waals surface area contributed by atoms with Crippen molar-refractivity contribution in [2.75, 3.05) is 26.2 Å². The quantitative estimate of drug-likeness (QED) is 0.786. The van der Waals surface area contributed by atoms with E-state index in [1.165, 1.54) is 17.0 Å². The number of ether oxygens (including phenoxy) is 1. The Bertz CT molecular complexity index is 860. The molecule has 1 aromatic rings. The predicted molar refractivity (Wildman–Crippen MR) is 110 cm³/mol. The minimum atomic E-state index is -3.90. The molecule has 9 heteroatoms. The second-order valence-electron chi connectivity index (χ2n) is 8.65. The number of rotatable bonds is 3. The largest absolute Gasteiger partial charge is 0.355 e. The number of hydrogen-bond donors (Lipinski definition) is 1. The predicted octanol–water partition coefficient (Wildman–Crippen LogP) is 2.74. The monoisotopic (exact) mass is 439 g/mol. The molecule has 30 heavy (non-hydrogen) atoms. The SMILES string of the molecule is CC1CCC(NC(=O)N2CCC3(OCCN3S(=O)(=O)c3ccccc3)C(F)C2)CC1. The smallest absolute Gasteiger partial charge is 0.317 e. The van der Waals surface area contributed by atoms with E-state index in [1.807, 2.05) is 0 Å². The third-order valence-electron chi connectivity index (χ3n) is 6.64. The van der Waals surface area contributed by atoms with Crippen molar-refractivity contribution in [3.63, 3.8) is 0 Å². The summed E-state index contributed by atoms with van der Waals surface area (Å²) in [5.41, 5.74) is -1.55. The molecule has 2 atom stereocenters. The molecule has 2 saturated heterocycles. The molecule has 2 unspecified atom stereocenters. The molecule has 1 aromatic carbocycles. The number of likely N-dealkylation sites (tertiary alicyclic amines) is 1. The Kier molecular flexibility index (Phi) is 6.05. The molecular formula is C21H30FN3O4S. The normalized spacial score (nSPS) is 33.0. The summed E-state index contributed by atoms with van der Waals surface area (Å²) in [6, 6.07) is 7.87. The van der Waals surface area contributed by atoms with Crippen LogP contribution in [0.3, 0.4) is 0 Å². The number of nitrogens with zero attached hydrogens (tertiary/aromatic N) is 2. The molecule has 1 spiro atoms. The van der Waals surface area contributed by atoms with Crippen molar-refractivity contribution in [2.24, 2.45) is 5.92 Å². The highest BCUT2D eigenvalue weighted by atomic mass is 32.2. The Morgan fingerprint density at radius 2 is 1.87 bits per heavy atom. The van der Waals surface area contributed by atoms with Gasteiger partial charge in [-0.25, -0.2) is 17.6 Å². The number of alkyl halides is 1. The third kappa shape index (κ3) is 3.94. The second kappa shape index (κ2) is 8.43. The molecular weight excluding hydrogens is 409 g/mol. The van der Waals surface area contributed by atoms with Crippen LogP contribution in [0.25, 0.3) is 0 Å². The van der Waals surface area contributed by atoms with Crippen LogP contribution in [0.1, 0.15) is 39.0 Å². The summed E-state index contributed by atoms with van der Waals surface area (Å²) in [6.45, 7) is 2.52. The summed E-state index contributed by atoms with van der Waals surface area (Å²) in [6.07, 6.45) is 2.53. The zero-order valence-electron chi connectivity index (χ0n) is 17.3. The Labute approximate surface area is 177 Å². The van der Waals surface area contributed by atoms with Gasteiger partial charge in [-0.3, -0.25) is 0 Å². The second-order valence-corrected chi connectivity index (χ2v) is 10.5. The molecule has 2 amide bonds. The highest BCUT2D eigenvalue weighted by molar-refractivity contribution is 7.89. The molecule has 166 valence electrons. The minimum Gasteiger partial charge on any atom is -0.355 e. The lowest BCUT2D eigenvalue weighted by molar-refractivity contribution is -0.135. The van der Waals surface area contributed by atoms with E-state index in [4.69, 9.17) is 4.74 Å². The van der Waals surface area contributed by atoms with E-state index in [9.17, 15) is 13.2 Å². The lowest BCUT2D eigenvalue weighted by atomic mass is 9.87. The van der Waals surface area contributed by atoms with E-state index >= 15 is 4.39 Å². The van der Waals surface area contributed by atoms with Crippen molar-refractivity contribution >= 4 is 16.1 Å². The van der Waals surface area contributed by atoms with Crippen LogP contribution in [0.2, 0.25) is 0 Å². The summed E-state index contributed by atoms with van der Waals surface area (Å²) in [7, 11) is -3.90. The molecule has 1 saturated carbocycles. The van der Waals surface area contributed by atoms with Gasteiger partial charge in [-0.05, 0) is 43.7 Å². The maximum Gasteiger partial charge on any atom is 0.317 e. The molecule has 1 aliphatic carbocycles. The Morgan fingerprint density at radius 3 is 2.53 bits per heavy atom. The molecule has 3 fully saturated rings. The first-order valence-electron chi connectivity index (χ1n) is 10.7. The van der Waals surface area contributed by atoms with E-state index in [1.54, 1.807) is 18.2 Å². The van der Waals surface area contributed by atoms with Crippen LogP contribution in [0.5, 0.6) is 0 Å². The first-order chi connectivity index (χ1) is 14.3. The fourth-order valence-corrected chi connectivity index (χ4v) is 6.52. The van der Waals surface area contributed by atoms with Crippen LogP contribution in [0.4, 0.5) is 9.18 Å². The average molecular weight is 440 g/mol. The number of carbonyl (C=O) groups excluding carboxylic acids is 1. The number of urea groups is 1. The van der Waals surface area contributed by atoms with E-state index in [0.29, 0.717) is 5.92 Å². The van der Waals surface area contributed by atoms with Gasteiger partial charge in [0.1, 0.15) is 0 Å². The van der Waals surface area contributed by atoms with E-state index in [-0.39, 0.29) is 49.6 Å². The minimum absolute atomic E-state index is 0.101. The van der Waals surface area contributed by atoms with Crippen LogP contribution >= 0.6 is 0 Å². The molecule has 0 radical (unpaired) electrons. The first kappa shape index (κ1) is 21.5. The van der Waals surface area contributed by atoms with Crippen LogP contribution in [0.15, 0.2) is 35.2 Å². The number of hydrogen-bond acceptors (Lipinski definition) is 4. The van der Waals surface area contributed by atoms with E-state index in [2.05, 4.69) is 12.2 Å². The standard InChI is InChI=1S/C21H30FN3O4S/c1-16-7-9-17(10-8-16)23-20(26)24-12-11-21(19(22)15-24)25(13-14-29-21)30(27,28)18-5-3-2-4-6-18/h2-6,16-17,19H,7-15H2,1H3,(H,23,26). The number of halogens is 1. The van der Waals surface area contributed by atoms with Crippen molar-refractivity contribution < 1.29 is 22.3 Å². The van der Waals surface area contributed by atoms with Crippen molar-refractivity contribution in [3.05, 3.63) is 30.3 Å². The fraction of sp³-hybridized carbons (Fsp3) is 0.667. The third-order valence-corrected chi connectivity index (χ3v) is 8.58. The van der Waals surface area contributed by atoms with Gasteiger partial charge in [0, 0.05) is 25.6 Å². The van der Waals surface area contributed by atoms with Gasteiger partial charge in [-0.15, -0.1) is 0 Å². The highest BCUT2D eigenvalue weighted by Gasteiger charge is 2.57. The van der Waals surface area contributed by atoms with Gasteiger partial charge >= 0.3 is 6.03 Å². The molecule has 0 aromatic heterocycles. The van der Waals surface area contributed by atoms with Crippen LogP contribution in [-0.2, 0) is 14.8 Å². The number of benzene rings is 1. The summed E-state index contributed by atoms with van der Waals surface area (Å²) in [5.74, 6) is 0.681.